The molecule has 2 aromatic rings. The van der Waals surface area contributed by atoms with E-state index in [9.17, 15) is 13.2 Å². The largest absolute Gasteiger partial charge is 0.316 e. The van der Waals surface area contributed by atoms with Crippen molar-refractivity contribution in [2.24, 2.45) is 4.99 Å². The van der Waals surface area contributed by atoms with Crippen molar-refractivity contribution in [3.63, 3.8) is 0 Å². The lowest BCUT2D eigenvalue weighted by Gasteiger charge is -2.24. The van der Waals surface area contributed by atoms with Gasteiger partial charge >= 0.3 is 0 Å². The molecule has 2 heterocycles. The van der Waals surface area contributed by atoms with Gasteiger partial charge in [0.25, 0.3) is 0 Å². The Labute approximate surface area is 173 Å². The average Bonchev–Trinajstić information content (AvgIpc) is 3.11. The summed E-state index contributed by atoms with van der Waals surface area (Å²) in [5.41, 5.74) is 1.85. The molecule has 0 bridgehead atoms. The van der Waals surface area contributed by atoms with E-state index in [1.54, 1.807) is 12.1 Å². The fraction of sp³-hybridized carbons (Fsp3) is 0.300. The predicted molar refractivity (Wildman–Crippen MR) is 115 cm³/mol. The number of sulfone groups is 1. The minimum atomic E-state index is -3.09. The van der Waals surface area contributed by atoms with Gasteiger partial charge in [-0.05, 0) is 30.2 Å². The van der Waals surface area contributed by atoms with Crippen LogP contribution in [0.15, 0.2) is 59.6 Å². The third-order valence-corrected chi connectivity index (χ3v) is 8.29. The highest BCUT2D eigenvalue weighted by molar-refractivity contribution is 8.16. The number of anilines is 1. The number of carbonyl (C=O) groups excluding carboxylic acids is 1. The van der Waals surface area contributed by atoms with Crippen LogP contribution in [-0.4, -0.2) is 42.3 Å². The monoisotopic (exact) mass is 434 g/mol. The first-order chi connectivity index (χ1) is 13.4. The van der Waals surface area contributed by atoms with Crippen LogP contribution in [0, 0.1) is 0 Å². The van der Waals surface area contributed by atoms with Crippen LogP contribution in [0.5, 0.6) is 0 Å². The van der Waals surface area contributed by atoms with Crippen LogP contribution in [0.3, 0.4) is 0 Å². The molecule has 28 heavy (non-hydrogen) atoms. The summed E-state index contributed by atoms with van der Waals surface area (Å²) >= 11 is 7.51. The number of aliphatic imine (C=N–C) groups is 1. The maximum Gasteiger partial charge on any atom is 0.248 e. The highest BCUT2D eigenvalue weighted by Crippen LogP contribution is 2.41. The van der Waals surface area contributed by atoms with Crippen LogP contribution < -0.4 is 4.90 Å². The van der Waals surface area contributed by atoms with Gasteiger partial charge in [-0.2, -0.15) is 4.99 Å². The number of benzene rings is 2. The van der Waals surface area contributed by atoms with Crippen molar-refractivity contribution in [3.05, 3.63) is 65.2 Å². The van der Waals surface area contributed by atoms with Crippen molar-refractivity contribution in [2.75, 3.05) is 16.4 Å². The first kappa shape index (κ1) is 19.5. The van der Waals surface area contributed by atoms with Gasteiger partial charge in [0.2, 0.25) is 5.91 Å². The van der Waals surface area contributed by atoms with E-state index in [-0.39, 0.29) is 28.7 Å². The van der Waals surface area contributed by atoms with Crippen LogP contribution in [0.1, 0.15) is 12.0 Å². The van der Waals surface area contributed by atoms with E-state index in [1.807, 2.05) is 47.4 Å². The van der Waals surface area contributed by atoms with E-state index < -0.39 is 9.84 Å². The second-order valence-electron chi connectivity index (χ2n) is 6.92. The van der Waals surface area contributed by atoms with Crippen molar-refractivity contribution >= 4 is 50.0 Å². The Bertz CT molecular complexity index is 1020. The first-order valence-corrected chi connectivity index (χ1v) is 12.1. The molecule has 0 unspecified atom stereocenters. The molecule has 8 heteroatoms. The number of nitrogens with zero attached hydrogens (tertiary/aromatic N) is 2. The van der Waals surface area contributed by atoms with Gasteiger partial charge in [0, 0.05) is 22.4 Å². The second-order valence-corrected chi connectivity index (χ2v) is 10.7. The van der Waals surface area contributed by atoms with Crippen LogP contribution in [0.2, 0.25) is 5.02 Å². The molecule has 2 atom stereocenters. The zero-order chi connectivity index (χ0) is 19.7. The quantitative estimate of drug-likeness (QED) is 0.735. The van der Waals surface area contributed by atoms with Crippen molar-refractivity contribution in [2.45, 2.75) is 24.1 Å². The Hall–Kier alpha value is -1.83. The lowest BCUT2D eigenvalue weighted by atomic mass is 10.1. The third kappa shape index (κ3) is 4.26. The maximum absolute atomic E-state index is 12.5. The third-order valence-electron chi connectivity index (χ3n) is 4.84. The topological polar surface area (TPSA) is 66.8 Å². The van der Waals surface area contributed by atoms with Gasteiger partial charge in [-0.15, -0.1) is 0 Å². The van der Waals surface area contributed by atoms with Gasteiger partial charge in [0.05, 0.1) is 17.5 Å². The molecule has 2 saturated heterocycles. The number of amidine groups is 1. The molecule has 4 rings (SSSR count). The molecule has 0 aromatic heterocycles. The highest BCUT2D eigenvalue weighted by Gasteiger charge is 2.49. The number of thioether (sulfide) groups is 1. The van der Waals surface area contributed by atoms with Gasteiger partial charge < -0.3 is 4.90 Å². The average molecular weight is 435 g/mol. The van der Waals surface area contributed by atoms with Gasteiger partial charge in [-0.25, -0.2) is 8.42 Å². The molecular weight excluding hydrogens is 416 g/mol. The number of aryl methyl sites for hydroxylation is 1. The van der Waals surface area contributed by atoms with Crippen molar-refractivity contribution < 1.29 is 13.2 Å². The number of amides is 1. The first-order valence-electron chi connectivity index (χ1n) is 8.99. The number of fused-ring (bicyclic) bond motifs is 1. The molecule has 1 amide bonds. The zero-order valence-corrected chi connectivity index (χ0v) is 17.4. The summed E-state index contributed by atoms with van der Waals surface area (Å²) in [4.78, 5) is 18.7. The van der Waals surface area contributed by atoms with Crippen LogP contribution in [0.25, 0.3) is 0 Å². The molecule has 2 aliphatic heterocycles. The number of rotatable bonds is 4. The molecule has 0 radical (unpaired) electrons. The highest BCUT2D eigenvalue weighted by atomic mass is 35.5. The van der Waals surface area contributed by atoms with E-state index in [0.717, 1.165) is 11.3 Å². The van der Waals surface area contributed by atoms with Crippen LogP contribution in [-0.2, 0) is 21.1 Å². The summed E-state index contributed by atoms with van der Waals surface area (Å²) in [6.45, 7) is 0. The molecule has 0 spiro atoms. The summed E-state index contributed by atoms with van der Waals surface area (Å²) < 4.78 is 24.2. The number of carbonyl (C=O) groups is 1. The molecule has 0 saturated carbocycles. The summed E-state index contributed by atoms with van der Waals surface area (Å²) in [5, 5.41) is 0.997. The predicted octanol–water partition coefficient (Wildman–Crippen LogP) is 3.57. The van der Waals surface area contributed by atoms with Gasteiger partial charge in [0.15, 0.2) is 15.0 Å². The van der Waals surface area contributed by atoms with Gasteiger partial charge in [0.1, 0.15) is 0 Å². The SMILES string of the molecule is O=C(CCc1ccccc1)N=C1S[C@H]2CS(=O)(=O)C[C@@H]2N1c1cccc(Cl)c1. The molecular formula is C20H19ClN2O3S2. The lowest BCUT2D eigenvalue weighted by molar-refractivity contribution is -0.117. The van der Waals surface area contributed by atoms with E-state index in [1.165, 1.54) is 11.8 Å². The van der Waals surface area contributed by atoms with Gasteiger partial charge in [-0.1, -0.05) is 59.8 Å². The number of hydrogen-bond donors (Lipinski definition) is 0. The Morgan fingerprint density at radius 2 is 1.93 bits per heavy atom. The normalized spacial score (nSPS) is 24.5. The molecule has 2 aromatic carbocycles. The molecule has 0 aliphatic carbocycles. The summed E-state index contributed by atoms with van der Waals surface area (Å²) in [6, 6.07) is 16.8. The van der Waals surface area contributed by atoms with Gasteiger partial charge in [-0.3, -0.25) is 4.79 Å². The minimum absolute atomic E-state index is 0.0639. The van der Waals surface area contributed by atoms with Crippen molar-refractivity contribution in [1.29, 1.82) is 0 Å². The standard InChI is InChI=1S/C20H19ClN2O3S2/c21-15-7-4-8-16(11-15)23-17-12-28(25,26)13-18(17)27-20(23)22-19(24)10-9-14-5-2-1-3-6-14/h1-8,11,17-18H,9-10,12-13H2/t17-,18-/m0/s1. The van der Waals surface area contributed by atoms with Crippen LogP contribution >= 0.6 is 23.4 Å². The molecule has 0 N–H and O–H groups in total. The number of halogens is 1. The Balaban J connectivity index is 1.58. The van der Waals surface area contributed by atoms with E-state index >= 15 is 0 Å². The van der Waals surface area contributed by atoms with E-state index in [2.05, 4.69) is 4.99 Å². The fourth-order valence-corrected chi connectivity index (χ4v) is 7.67. The molecule has 2 aliphatic rings. The lowest BCUT2D eigenvalue weighted by Crippen LogP contribution is -2.37. The molecule has 146 valence electrons. The van der Waals surface area contributed by atoms with E-state index in [0.29, 0.717) is 23.0 Å². The molecule has 2 fully saturated rings. The Kier molecular flexibility index (Phi) is 5.49. The maximum atomic E-state index is 12.5. The zero-order valence-electron chi connectivity index (χ0n) is 15.0. The summed E-state index contributed by atoms with van der Waals surface area (Å²) in [5.74, 6) is -0.0356. The Morgan fingerprint density at radius 1 is 1.14 bits per heavy atom. The minimum Gasteiger partial charge on any atom is -0.316 e. The smallest absolute Gasteiger partial charge is 0.248 e. The Morgan fingerprint density at radius 3 is 2.68 bits per heavy atom. The summed E-state index contributed by atoms with van der Waals surface area (Å²) in [7, 11) is -3.09. The van der Waals surface area contributed by atoms with E-state index in [4.69, 9.17) is 11.6 Å². The van der Waals surface area contributed by atoms with Crippen molar-refractivity contribution in [3.8, 4) is 0 Å². The second kappa shape index (κ2) is 7.89. The van der Waals surface area contributed by atoms with Crippen LogP contribution in [0.4, 0.5) is 5.69 Å². The fourth-order valence-electron chi connectivity index (χ4n) is 3.55. The number of hydrogen-bond acceptors (Lipinski definition) is 4. The van der Waals surface area contributed by atoms with Crippen molar-refractivity contribution in [1.82, 2.24) is 0 Å². The summed E-state index contributed by atoms with van der Waals surface area (Å²) in [6.07, 6.45) is 0.935. The molecule has 5 nitrogen and oxygen atoms in total.